The first-order chi connectivity index (χ1) is 11.6. The number of aliphatic hydroxyl groups excluding tert-OH is 1. The number of hydrogen-bond donors (Lipinski definition) is 1. The number of amides is 1. The van der Waals surface area contributed by atoms with Gasteiger partial charge in [0.15, 0.2) is 11.5 Å². The molecule has 0 radical (unpaired) electrons. The maximum atomic E-state index is 12.5. The van der Waals surface area contributed by atoms with Gasteiger partial charge in [-0.05, 0) is 24.6 Å². The first-order valence-electron chi connectivity index (χ1n) is 7.82. The fraction of sp³-hybridized carbons (Fsp3) is 0.412. The van der Waals surface area contributed by atoms with E-state index in [1.807, 2.05) is 13.2 Å². The molecular weight excluding hydrogens is 310 g/mol. The Labute approximate surface area is 140 Å². The smallest absolute Gasteiger partial charge is 0.254 e. The van der Waals surface area contributed by atoms with Gasteiger partial charge in [0.25, 0.3) is 5.91 Å². The zero-order valence-electron chi connectivity index (χ0n) is 13.8. The molecule has 2 heterocycles. The summed E-state index contributed by atoms with van der Waals surface area (Å²) in [5, 5.41) is 13.7. The molecule has 1 aromatic heterocycles. The first kappa shape index (κ1) is 16.3. The molecule has 3 rings (SSSR count). The predicted octanol–water partition coefficient (Wildman–Crippen LogP) is 1.21. The van der Waals surface area contributed by atoms with Crippen molar-refractivity contribution in [2.75, 3.05) is 20.2 Å². The third kappa shape index (κ3) is 3.51. The van der Waals surface area contributed by atoms with Gasteiger partial charge in [0.2, 0.25) is 0 Å². The lowest BCUT2D eigenvalue weighted by molar-refractivity contribution is 0.0764. The Kier molecular flexibility index (Phi) is 4.71. The van der Waals surface area contributed by atoms with Gasteiger partial charge in [0, 0.05) is 37.5 Å². The monoisotopic (exact) mass is 331 g/mol. The molecule has 1 atom stereocenters. The molecule has 2 aromatic rings. The van der Waals surface area contributed by atoms with Gasteiger partial charge >= 0.3 is 0 Å². The van der Waals surface area contributed by atoms with Gasteiger partial charge in [-0.25, -0.2) is 0 Å². The molecule has 1 amide bonds. The molecule has 1 fully saturated rings. The number of rotatable bonds is 5. The molecule has 1 saturated heterocycles. The first-order valence-corrected chi connectivity index (χ1v) is 7.82. The number of carbonyl (C=O) groups excluding carboxylic acids is 1. The van der Waals surface area contributed by atoms with Crippen molar-refractivity contribution in [3.8, 4) is 11.5 Å². The second-order valence-corrected chi connectivity index (χ2v) is 5.87. The second kappa shape index (κ2) is 6.92. The number of carbonyl (C=O) groups is 1. The van der Waals surface area contributed by atoms with Gasteiger partial charge in [-0.3, -0.25) is 9.48 Å². The van der Waals surface area contributed by atoms with Gasteiger partial charge in [0.05, 0.1) is 19.4 Å². The van der Waals surface area contributed by atoms with Crippen molar-refractivity contribution in [1.82, 2.24) is 14.7 Å². The molecule has 1 N–H and O–H groups in total. The van der Waals surface area contributed by atoms with Crippen molar-refractivity contribution in [2.24, 2.45) is 7.05 Å². The van der Waals surface area contributed by atoms with Crippen LogP contribution in [0.25, 0.3) is 0 Å². The highest BCUT2D eigenvalue weighted by molar-refractivity contribution is 5.95. The molecule has 0 bridgehead atoms. The van der Waals surface area contributed by atoms with Crippen molar-refractivity contribution in [3.05, 3.63) is 41.7 Å². The summed E-state index contributed by atoms with van der Waals surface area (Å²) in [6.07, 6.45) is 3.80. The zero-order valence-corrected chi connectivity index (χ0v) is 13.8. The fourth-order valence-electron chi connectivity index (χ4n) is 2.74. The third-order valence-electron chi connectivity index (χ3n) is 4.01. The minimum atomic E-state index is -0.432. The molecule has 0 unspecified atom stereocenters. The maximum absolute atomic E-state index is 12.5. The molecule has 1 aliphatic rings. The van der Waals surface area contributed by atoms with Crippen LogP contribution in [-0.4, -0.2) is 52.0 Å². The van der Waals surface area contributed by atoms with E-state index in [-0.39, 0.29) is 5.91 Å². The summed E-state index contributed by atoms with van der Waals surface area (Å²) >= 11 is 0. The van der Waals surface area contributed by atoms with E-state index in [0.29, 0.717) is 43.2 Å². The lowest BCUT2D eigenvalue weighted by Crippen LogP contribution is -2.29. The van der Waals surface area contributed by atoms with Gasteiger partial charge < -0.3 is 19.5 Å². The van der Waals surface area contributed by atoms with Crippen LogP contribution < -0.4 is 9.47 Å². The van der Waals surface area contributed by atoms with Crippen molar-refractivity contribution in [3.63, 3.8) is 0 Å². The van der Waals surface area contributed by atoms with Gasteiger partial charge in [-0.1, -0.05) is 0 Å². The summed E-state index contributed by atoms with van der Waals surface area (Å²) in [5.74, 6) is 0.965. The Morgan fingerprint density at radius 2 is 2.25 bits per heavy atom. The Balaban J connectivity index is 1.71. The summed E-state index contributed by atoms with van der Waals surface area (Å²) in [6.45, 7) is 1.32. The number of β-amino-alcohol motifs (C(OH)–C–C–N with tert-alkyl or cyclic N) is 1. The molecule has 1 aliphatic heterocycles. The van der Waals surface area contributed by atoms with Crippen LogP contribution >= 0.6 is 0 Å². The maximum Gasteiger partial charge on any atom is 0.254 e. The van der Waals surface area contributed by atoms with E-state index in [2.05, 4.69) is 5.10 Å². The van der Waals surface area contributed by atoms with Gasteiger partial charge in [-0.15, -0.1) is 0 Å². The molecule has 7 heteroatoms. The highest BCUT2D eigenvalue weighted by atomic mass is 16.5. The number of ether oxygens (including phenoxy) is 2. The van der Waals surface area contributed by atoms with Gasteiger partial charge in [0.1, 0.15) is 6.61 Å². The van der Waals surface area contributed by atoms with Crippen molar-refractivity contribution >= 4 is 5.91 Å². The largest absolute Gasteiger partial charge is 0.493 e. The van der Waals surface area contributed by atoms with E-state index >= 15 is 0 Å². The Morgan fingerprint density at radius 1 is 1.42 bits per heavy atom. The molecule has 7 nitrogen and oxygen atoms in total. The van der Waals surface area contributed by atoms with E-state index in [4.69, 9.17) is 9.47 Å². The summed E-state index contributed by atoms with van der Waals surface area (Å²) in [5.41, 5.74) is 1.47. The highest BCUT2D eigenvalue weighted by Gasteiger charge is 2.26. The van der Waals surface area contributed by atoms with Crippen molar-refractivity contribution in [1.29, 1.82) is 0 Å². The molecule has 1 aromatic carbocycles. The number of benzene rings is 1. The average Bonchev–Trinajstić information content (AvgIpc) is 3.20. The highest BCUT2D eigenvalue weighted by Crippen LogP contribution is 2.29. The van der Waals surface area contributed by atoms with E-state index < -0.39 is 6.10 Å². The lowest BCUT2D eigenvalue weighted by Gasteiger charge is -2.17. The number of aliphatic hydroxyl groups is 1. The van der Waals surface area contributed by atoms with E-state index in [9.17, 15) is 9.90 Å². The van der Waals surface area contributed by atoms with Crippen LogP contribution in [0.1, 0.15) is 22.3 Å². The van der Waals surface area contributed by atoms with E-state index in [0.717, 1.165) is 5.56 Å². The molecule has 128 valence electrons. The predicted molar refractivity (Wildman–Crippen MR) is 87.1 cm³/mol. The van der Waals surface area contributed by atoms with Crippen LogP contribution in [-0.2, 0) is 13.7 Å². The van der Waals surface area contributed by atoms with Crippen LogP contribution in [0.15, 0.2) is 30.6 Å². The quantitative estimate of drug-likeness (QED) is 0.891. The Hall–Kier alpha value is -2.54. The molecule has 24 heavy (non-hydrogen) atoms. The molecular formula is C17H21N3O4. The fourth-order valence-corrected chi connectivity index (χ4v) is 2.74. The van der Waals surface area contributed by atoms with E-state index in [1.165, 1.54) is 0 Å². The average molecular weight is 331 g/mol. The number of likely N-dealkylation sites (tertiary alicyclic amines) is 1. The van der Waals surface area contributed by atoms with Crippen molar-refractivity contribution in [2.45, 2.75) is 19.1 Å². The molecule has 0 saturated carbocycles. The summed E-state index contributed by atoms with van der Waals surface area (Å²) in [4.78, 5) is 14.1. The van der Waals surface area contributed by atoms with Crippen LogP contribution in [0.2, 0.25) is 0 Å². The number of aromatic nitrogens is 2. The number of methoxy groups -OCH3 is 1. The second-order valence-electron chi connectivity index (χ2n) is 5.87. The normalized spacial score (nSPS) is 17.1. The minimum absolute atomic E-state index is 0.108. The van der Waals surface area contributed by atoms with Crippen LogP contribution in [0.4, 0.5) is 0 Å². The lowest BCUT2D eigenvalue weighted by atomic mass is 10.1. The molecule has 0 aliphatic carbocycles. The topological polar surface area (TPSA) is 76.8 Å². The van der Waals surface area contributed by atoms with Crippen LogP contribution in [0, 0.1) is 0 Å². The molecule has 0 spiro atoms. The third-order valence-corrected chi connectivity index (χ3v) is 4.01. The SMILES string of the molecule is COc1cc(C(=O)N2CC[C@H](O)C2)ccc1OCc1cnn(C)c1. The Bertz CT molecular complexity index is 728. The summed E-state index contributed by atoms with van der Waals surface area (Å²) < 4.78 is 12.8. The van der Waals surface area contributed by atoms with E-state index in [1.54, 1.807) is 41.1 Å². The Morgan fingerprint density at radius 3 is 2.88 bits per heavy atom. The van der Waals surface area contributed by atoms with Crippen LogP contribution in [0.3, 0.4) is 0 Å². The summed E-state index contributed by atoms with van der Waals surface area (Å²) in [6, 6.07) is 5.12. The number of aryl methyl sites for hydroxylation is 1. The standard InChI is InChI=1S/C17H21N3O4/c1-19-9-12(8-18-19)11-24-15-4-3-13(7-16(15)23-2)17(22)20-6-5-14(21)10-20/h3-4,7-9,14,21H,5-6,10-11H2,1-2H3/t14-/m0/s1. The number of hydrogen-bond acceptors (Lipinski definition) is 5. The minimum Gasteiger partial charge on any atom is -0.493 e. The number of nitrogens with zero attached hydrogens (tertiary/aromatic N) is 3. The van der Waals surface area contributed by atoms with Crippen LogP contribution in [0.5, 0.6) is 11.5 Å². The zero-order chi connectivity index (χ0) is 17.1. The summed E-state index contributed by atoms with van der Waals surface area (Å²) in [7, 11) is 3.39. The van der Waals surface area contributed by atoms with Crippen molar-refractivity contribution < 1.29 is 19.4 Å². The van der Waals surface area contributed by atoms with Gasteiger partial charge in [-0.2, -0.15) is 5.10 Å².